The van der Waals surface area contributed by atoms with Gasteiger partial charge in [-0.2, -0.15) is 5.10 Å². The van der Waals surface area contributed by atoms with Crippen LogP contribution in [0.5, 0.6) is 0 Å². The van der Waals surface area contributed by atoms with E-state index in [1.807, 2.05) is 12.1 Å². The average molecular weight is 422 g/mol. The Morgan fingerprint density at radius 1 is 0.903 bits per heavy atom. The van der Waals surface area contributed by atoms with Gasteiger partial charge in [0, 0.05) is 38.0 Å². The molecule has 1 saturated heterocycles. The van der Waals surface area contributed by atoms with Crippen LogP contribution in [0.1, 0.15) is 12.0 Å². The molecule has 2 aromatic carbocycles. The number of aryl methyl sites for hydroxylation is 1. The van der Waals surface area contributed by atoms with Crippen LogP contribution in [0.25, 0.3) is 10.9 Å². The molecule has 7 nitrogen and oxygen atoms in total. The summed E-state index contributed by atoms with van der Waals surface area (Å²) in [6.45, 7) is 2.29. The van der Waals surface area contributed by atoms with E-state index in [1.165, 1.54) is 18.3 Å². The molecule has 0 saturated carbocycles. The zero-order valence-corrected chi connectivity index (χ0v) is 17.0. The molecule has 160 valence electrons. The number of nitrogens with zero attached hydrogens (tertiary/aromatic N) is 4. The molecule has 0 N–H and O–H groups in total. The third-order valence-corrected chi connectivity index (χ3v) is 5.55. The molecule has 1 aromatic heterocycles. The number of fused-ring (bicyclic) bond motifs is 1. The second kappa shape index (κ2) is 9.07. The normalized spacial score (nSPS) is 14.1. The van der Waals surface area contributed by atoms with Gasteiger partial charge in [0.2, 0.25) is 17.2 Å². The van der Waals surface area contributed by atoms with Crippen molar-refractivity contribution in [2.24, 2.45) is 0 Å². The summed E-state index contributed by atoms with van der Waals surface area (Å²) in [6.07, 6.45) is 1.76. The van der Waals surface area contributed by atoms with Gasteiger partial charge in [-0.15, -0.1) is 0 Å². The first kappa shape index (κ1) is 20.7. The van der Waals surface area contributed by atoms with Gasteiger partial charge in [-0.1, -0.05) is 24.3 Å². The second-order valence-corrected chi connectivity index (χ2v) is 7.56. The van der Waals surface area contributed by atoms with Crippen molar-refractivity contribution in [3.05, 3.63) is 76.3 Å². The number of carbonyl (C=O) groups excluding carboxylic acids is 2. The first-order chi connectivity index (χ1) is 15.0. The van der Waals surface area contributed by atoms with Gasteiger partial charge in [-0.25, -0.2) is 4.39 Å². The number of halogens is 1. The Morgan fingerprint density at radius 2 is 1.55 bits per heavy atom. The number of para-hydroxylation sites is 1. The standard InChI is InChI=1S/C23H23FN4O3/c24-18-7-5-17(6-8-18)15-23(31)27-13-11-26(12-14-27)22(30)9-10-28-20-4-2-1-3-19(20)21(29)16-25-28/h1-8,16H,9-15H2. The van der Waals surface area contributed by atoms with Crippen LogP contribution in [0, 0.1) is 5.82 Å². The molecule has 4 rings (SSSR count). The van der Waals surface area contributed by atoms with Crippen LogP contribution >= 0.6 is 0 Å². The molecule has 1 aliphatic heterocycles. The Labute approximate surface area is 178 Å². The Bertz CT molecular complexity index is 1150. The highest BCUT2D eigenvalue weighted by Gasteiger charge is 2.24. The Hall–Kier alpha value is -3.55. The molecule has 2 amide bonds. The molecular weight excluding hydrogens is 399 g/mol. The molecule has 2 heterocycles. The topological polar surface area (TPSA) is 75.5 Å². The van der Waals surface area contributed by atoms with Gasteiger partial charge in [0.05, 0.1) is 24.7 Å². The largest absolute Gasteiger partial charge is 0.339 e. The monoisotopic (exact) mass is 422 g/mol. The summed E-state index contributed by atoms with van der Waals surface area (Å²) in [7, 11) is 0. The Balaban J connectivity index is 1.30. The minimum atomic E-state index is -0.325. The lowest BCUT2D eigenvalue weighted by Gasteiger charge is -2.35. The molecule has 0 bridgehead atoms. The number of rotatable bonds is 5. The van der Waals surface area contributed by atoms with Crippen LogP contribution in [0.2, 0.25) is 0 Å². The van der Waals surface area contributed by atoms with Crippen molar-refractivity contribution in [1.82, 2.24) is 19.6 Å². The molecule has 0 spiro atoms. The maximum absolute atomic E-state index is 13.0. The first-order valence-electron chi connectivity index (χ1n) is 10.3. The maximum atomic E-state index is 13.0. The Morgan fingerprint density at radius 3 is 2.26 bits per heavy atom. The van der Waals surface area contributed by atoms with Crippen molar-refractivity contribution in [2.45, 2.75) is 19.4 Å². The van der Waals surface area contributed by atoms with E-state index in [1.54, 1.807) is 38.7 Å². The van der Waals surface area contributed by atoms with Gasteiger partial charge in [0.25, 0.3) is 0 Å². The third-order valence-electron chi connectivity index (χ3n) is 5.55. The van der Waals surface area contributed by atoms with Crippen LogP contribution in [0.15, 0.2) is 59.5 Å². The lowest BCUT2D eigenvalue weighted by molar-refractivity contribution is -0.139. The van der Waals surface area contributed by atoms with Crippen LogP contribution in [0.3, 0.4) is 0 Å². The molecule has 0 unspecified atom stereocenters. The SMILES string of the molecule is O=C(CCn1ncc(=O)c2ccccc21)N1CCN(C(=O)Cc2ccc(F)cc2)CC1. The van der Waals surface area contributed by atoms with E-state index in [0.717, 1.165) is 5.56 Å². The fourth-order valence-electron chi connectivity index (χ4n) is 3.79. The lowest BCUT2D eigenvalue weighted by Crippen LogP contribution is -2.51. The highest BCUT2D eigenvalue weighted by atomic mass is 19.1. The molecule has 31 heavy (non-hydrogen) atoms. The van der Waals surface area contributed by atoms with Crippen molar-refractivity contribution >= 4 is 22.7 Å². The van der Waals surface area contributed by atoms with Gasteiger partial charge in [0.15, 0.2) is 0 Å². The van der Waals surface area contributed by atoms with Crippen molar-refractivity contribution in [3.8, 4) is 0 Å². The molecule has 0 atom stereocenters. The number of hydrogen-bond acceptors (Lipinski definition) is 4. The predicted octanol–water partition coefficient (Wildman–Crippen LogP) is 1.84. The zero-order valence-electron chi connectivity index (χ0n) is 17.0. The van der Waals surface area contributed by atoms with Crippen molar-refractivity contribution in [2.75, 3.05) is 26.2 Å². The Kier molecular flexibility index (Phi) is 6.06. The fourth-order valence-corrected chi connectivity index (χ4v) is 3.79. The van der Waals surface area contributed by atoms with E-state index in [4.69, 9.17) is 0 Å². The summed E-state index contributed by atoms with van der Waals surface area (Å²) in [5.74, 6) is -0.355. The van der Waals surface area contributed by atoms with Crippen molar-refractivity contribution in [1.29, 1.82) is 0 Å². The van der Waals surface area contributed by atoms with E-state index >= 15 is 0 Å². The summed E-state index contributed by atoms with van der Waals surface area (Å²) in [5, 5.41) is 4.74. The number of hydrogen-bond donors (Lipinski definition) is 0. The van der Waals surface area contributed by atoms with Gasteiger partial charge >= 0.3 is 0 Å². The average Bonchev–Trinajstić information content (AvgIpc) is 2.80. The van der Waals surface area contributed by atoms with Gasteiger partial charge < -0.3 is 9.80 Å². The molecule has 1 fully saturated rings. The van der Waals surface area contributed by atoms with Crippen molar-refractivity contribution in [3.63, 3.8) is 0 Å². The van der Waals surface area contributed by atoms with Gasteiger partial charge in [0.1, 0.15) is 5.82 Å². The lowest BCUT2D eigenvalue weighted by atomic mass is 10.1. The maximum Gasteiger partial charge on any atom is 0.227 e. The molecule has 1 aliphatic rings. The highest BCUT2D eigenvalue weighted by molar-refractivity contribution is 5.80. The molecule has 3 aromatic rings. The van der Waals surface area contributed by atoms with Crippen LogP contribution < -0.4 is 5.43 Å². The third kappa shape index (κ3) is 4.79. The van der Waals surface area contributed by atoms with E-state index in [-0.39, 0.29) is 35.9 Å². The number of benzene rings is 2. The second-order valence-electron chi connectivity index (χ2n) is 7.56. The fraction of sp³-hybridized carbons (Fsp3) is 0.304. The van der Waals surface area contributed by atoms with Crippen LogP contribution in [-0.2, 0) is 22.6 Å². The summed E-state index contributed by atoms with van der Waals surface area (Å²) < 4.78 is 14.7. The van der Waals surface area contributed by atoms with Gasteiger partial charge in [-0.05, 0) is 29.8 Å². The summed E-state index contributed by atoms with van der Waals surface area (Å²) in [5.41, 5.74) is 1.34. The van der Waals surface area contributed by atoms with E-state index in [0.29, 0.717) is 43.6 Å². The van der Waals surface area contributed by atoms with Crippen LogP contribution in [-0.4, -0.2) is 57.6 Å². The summed E-state index contributed by atoms with van der Waals surface area (Å²) in [6, 6.07) is 13.1. The van der Waals surface area contributed by atoms with E-state index in [9.17, 15) is 18.8 Å². The number of piperazine rings is 1. The number of aromatic nitrogens is 2. The van der Waals surface area contributed by atoms with Crippen molar-refractivity contribution < 1.29 is 14.0 Å². The number of carbonyl (C=O) groups is 2. The molecular formula is C23H23FN4O3. The smallest absolute Gasteiger partial charge is 0.227 e. The van der Waals surface area contributed by atoms with Crippen LogP contribution in [0.4, 0.5) is 4.39 Å². The first-order valence-corrected chi connectivity index (χ1v) is 10.3. The summed E-state index contributed by atoms with van der Waals surface area (Å²) >= 11 is 0. The molecule has 0 aliphatic carbocycles. The zero-order chi connectivity index (χ0) is 21.8. The molecule has 8 heteroatoms. The predicted molar refractivity (Wildman–Crippen MR) is 114 cm³/mol. The van der Waals surface area contributed by atoms with Gasteiger partial charge in [-0.3, -0.25) is 19.1 Å². The minimum absolute atomic E-state index is 0.00443. The molecule has 0 radical (unpaired) electrons. The summed E-state index contributed by atoms with van der Waals surface area (Å²) in [4.78, 5) is 40.6. The van der Waals surface area contributed by atoms with E-state index < -0.39 is 0 Å². The van der Waals surface area contributed by atoms with E-state index in [2.05, 4.69) is 5.10 Å². The number of amides is 2. The highest BCUT2D eigenvalue weighted by Crippen LogP contribution is 2.11. The minimum Gasteiger partial charge on any atom is -0.339 e. The quantitative estimate of drug-likeness (QED) is 0.629.